The number of benzene rings is 2. The molecule has 2 N–H and O–H groups in total. The van der Waals surface area contributed by atoms with Crippen LogP contribution >= 0.6 is 11.3 Å². The average molecular weight is 365 g/mol. The van der Waals surface area contributed by atoms with E-state index in [1.807, 2.05) is 43.3 Å². The molecule has 3 aromatic rings. The number of anilines is 1. The summed E-state index contributed by atoms with van der Waals surface area (Å²) in [5.74, 6) is -1.36. The van der Waals surface area contributed by atoms with E-state index in [2.05, 4.69) is 12.2 Å². The fraction of sp³-hybridized carbons (Fsp3) is 0.143. The van der Waals surface area contributed by atoms with Crippen LogP contribution in [0.15, 0.2) is 53.9 Å². The fourth-order valence-electron chi connectivity index (χ4n) is 2.79. The van der Waals surface area contributed by atoms with Gasteiger partial charge >= 0.3 is 5.97 Å². The first-order valence-corrected chi connectivity index (χ1v) is 9.20. The number of carbonyl (C=O) groups is 2. The number of aryl methyl sites for hydroxylation is 2. The number of hydrogen-bond acceptors (Lipinski definition) is 3. The molecule has 5 heteroatoms. The Kier molecular flexibility index (Phi) is 5.19. The van der Waals surface area contributed by atoms with Crippen molar-refractivity contribution in [1.29, 1.82) is 0 Å². The lowest BCUT2D eigenvalue weighted by Gasteiger charge is -2.08. The van der Waals surface area contributed by atoms with E-state index < -0.39 is 5.97 Å². The molecule has 1 aromatic heterocycles. The van der Waals surface area contributed by atoms with E-state index in [1.165, 1.54) is 16.9 Å². The van der Waals surface area contributed by atoms with Crippen LogP contribution in [0, 0.1) is 6.92 Å². The minimum Gasteiger partial charge on any atom is -0.478 e. The highest BCUT2D eigenvalue weighted by Gasteiger charge is 2.21. The highest BCUT2D eigenvalue weighted by atomic mass is 32.1. The summed E-state index contributed by atoms with van der Waals surface area (Å²) in [6, 6.07) is 15.0. The van der Waals surface area contributed by atoms with E-state index in [0.29, 0.717) is 16.1 Å². The first kappa shape index (κ1) is 17.9. The van der Waals surface area contributed by atoms with Crippen molar-refractivity contribution in [2.45, 2.75) is 20.3 Å². The van der Waals surface area contributed by atoms with Crippen LogP contribution in [0.2, 0.25) is 0 Å². The first-order valence-electron chi connectivity index (χ1n) is 8.32. The largest absolute Gasteiger partial charge is 0.478 e. The smallest absolute Gasteiger partial charge is 0.339 e. The van der Waals surface area contributed by atoms with Gasteiger partial charge in [0.25, 0.3) is 5.91 Å². The predicted molar refractivity (Wildman–Crippen MR) is 105 cm³/mol. The topological polar surface area (TPSA) is 66.4 Å². The molecular weight excluding hydrogens is 346 g/mol. The Hall–Kier alpha value is -2.92. The van der Waals surface area contributed by atoms with E-state index >= 15 is 0 Å². The van der Waals surface area contributed by atoms with Gasteiger partial charge in [-0.2, -0.15) is 0 Å². The maximum Gasteiger partial charge on any atom is 0.339 e. The van der Waals surface area contributed by atoms with Crippen molar-refractivity contribution in [2.24, 2.45) is 0 Å². The zero-order valence-corrected chi connectivity index (χ0v) is 15.4. The summed E-state index contributed by atoms with van der Waals surface area (Å²) in [4.78, 5) is 24.4. The fourth-order valence-corrected chi connectivity index (χ4v) is 3.75. The quantitative estimate of drug-likeness (QED) is 0.650. The minimum absolute atomic E-state index is 0.126. The SMILES string of the molecule is CCc1ccc(-c2csc(NC(=O)c3ccccc3C)c2C(=O)O)cc1. The van der Waals surface area contributed by atoms with Gasteiger partial charge in [-0.25, -0.2) is 4.79 Å². The molecule has 0 fully saturated rings. The summed E-state index contributed by atoms with van der Waals surface area (Å²) in [6.45, 7) is 3.92. The first-order chi connectivity index (χ1) is 12.5. The van der Waals surface area contributed by atoms with Crippen molar-refractivity contribution < 1.29 is 14.7 Å². The van der Waals surface area contributed by atoms with Crippen LogP contribution in [0.1, 0.15) is 38.8 Å². The van der Waals surface area contributed by atoms with Crippen LogP contribution in [0.25, 0.3) is 11.1 Å². The van der Waals surface area contributed by atoms with Crippen molar-refractivity contribution >= 4 is 28.2 Å². The van der Waals surface area contributed by atoms with Crippen LogP contribution in [-0.2, 0) is 6.42 Å². The van der Waals surface area contributed by atoms with Crippen LogP contribution in [-0.4, -0.2) is 17.0 Å². The standard InChI is InChI=1S/C21H19NO3S/c1-3-14-8-10-15(11-9-14)17-12-26-20(18(17)21(24)25)22-19(23)16-7-5-4-6-13(16)2/h4-12H,3H2,1-2H3,(H,22,23)(H,24,25). The Bertz CT molecular complexity index is 958. The van der Waals surface area contributed by atoms with Gasteiger partial charge in [-0.3, -0.25) is 4.79 Å². The minimum atomic E-state index is -1.05. The van der Waals surface area contributed by atoms with Crippen LogP contribution in [0.4, 0.5) is 5.00 Å². The number of nitrogens with one attached hydrogen (secondary N) is 1. The Labute approximate surface area is 156 Å². The lowest BCUT2D eigenvalue weighted by atomic mass is 10.0. The average Bonchev–Trinajstić information content (AvgIpc) is 3.06. The third kappa shape index (κ3) is 3.53. The van der Waals surface area contributed by atoms with Gasteiger partial charge in [-0.05, 0) is 36.1 Å². The maximum absolute atomic E-state index is 12.5. The molecule has 0 atom stereocenters. The summed E-state index contributed by atoms with van der Waals surface area (Å²) in [5.41, 5.74) is 4.13. The van der Waals surface area contributed by atoms with E-state index in [0.717, 1.165) is 17.5 Å². The summed E-state index contributed by atoms with van der Waals surface area (Å²) in [5, 5.41) is 14.6. The molecule has 0 aliphatic rings. The van der Waals surface area contributed by atoms with Crippen LogP contribution in [0.5, 0.6) is 0 Å². The molecule has 4 nitrogen and oxygen atoms in total. The molecule has 2 aromatic carbocycles. The van der Waals surface area contributed by atoms with Crippen molar-refractivity contribution in [3.63, 3.8) is 0 Å². The van der Waals surface area contributed by atoms with Gasteiger partial charge < -0.3 is 10.4 Å². The number of carbonyl (C=O) groups excluding carboxylic acids is 1. The zero-order chi connectivity index (χ0) is 18.7. The van der Waals surface area contributed by atoms with Crippen molar-refractivity contribution in [2.75, 3.05) is 5.32 Å². The molecular formula is C21H19NO3S. The van der Waals surface area contributed by atoms with Crippen LogP contribution < -0.4 is 5.32 Å². The van der Waals surface area contributed by atoms with Gasteiger partial charge in [0.1, 0.15) is 10.6 Å². The molecule has 1 amide bonds. The van der Waals surface area contributed by atoms with Gasteiger partial charge in [-0.1, -0.05) is 49.4 Å². The van der Waals surface area contributed by atoms with E-state index in [-0.39, 0.29) is 11.5 Å². The van der Waals surface area contributed by atoms with Gasteiger partial charge in [-0.15, -0.1) is 11.3 Å². The third-order valence-corrected chi connectivity index (χ3v) is 5.19. The summed E-state index contributed by atoms with van der Waals surface area (Å²) in [7, 11) is 0. The number of rotatable bonds is 5. The molecule has 132 valence electrons. The molecule has 3 rings (SSSR count). The highest BCUT2D eigenvalue weighted by molar-refractivity contribution is 7.15. The number of thiophene rings is 1. The molecule has 0 bridgehead atoms. The monoisotopic (exact) mass is 365 g/mol. The molecule has 0 aliphatic carbocycles. The second kappa shape index (κ2) is 7.54. The van der Waals surface area contributed by atoms with Gasteiger partial charge in [0.05, 0.1) is 0 Å². The van der Waals surface area contributed by atoms with Crippen molar-refractivity contribution in [3.8, 4) is 11.1 Å². The second-order valence-corrected chi connectivity index (χ2v) is 6.86. The normalized spacial score (nSPS) is 10.5. The summed E-state index contributed by atoms with van der Waals surface area (Å²) < 4.78 is 0. The van der Waals surface area contributed by atoms with Crippen LogP contribution in [0.3, 0.4) is 0 Å². The lowest BCUT2D eigenvalue weighted by molar-refractivity contribution is 0.0699. The summed E-state index contributed by atoms with van der Waals surface area (Å²) in [6.07, 6.45) is 0.924. The molecule has 1 heterocycles. The Balaban J connectivity index is 1.96. The van der Waals surface area contributed by atoms with E-state index in [4.69, 9.17) is 0 Å². The van der Waals surface area contributed by atoms with Gasteiger partial charge in [0, 0.05) is 16.5 Å². The van der Waals surface area contributed by atoms with Gasteiger partial charge in [0.2, 0.25) is 0 Å². The van der Waals surface area contributed by atoms with E-state index in [1.54, 1.807) is 17.5 Å². The second-order valence-electron chi connectivity index (χ2n) is 5.98. The summed E-state index contributed by atoms with van der Waals surface area (Å²) >= 11 is 1.23. The number of carboxylic acids is 1. The molecule has 0 radical (unpaired) electrons. The molecule has 0 saturated heterocycles. The maximum atomic E-state index is 12.5. The molecule has 26 heavy (non-hydrogen) atoms. The number of aromatic carboxylic acids is 1. The highest BCUT2D eigenvalue weighted by Crippen LogP contribution is 2.36. The molecule has 0 aliphatic heterocycles. The Morgan fingerprint density at radius 1 is 1.08 bits per heavy atom. The predicted octanol–water partition coefficient (Wildman–Crippen LogP) is 5.24. The molecule has 0 unspecified atom stereocenters. The Morgan fingerprint density at radius 3 is 2.38 bits per heavy atom. The van der Waals surface area contributed by atoms with Crippen molar-refractivity contribution in [1.82, 2.24) is 0 Å². The van der Waals surface area contributed by atoms with Crippen molar-refractivity contribution in [3.05, 3.63) is 76.2 Å². The number of amides is 1. The Morgan fingerprint density at radius 2 is 1.77 bits per heavy atom. The third-order valence-electron chi connectivity index (χ3n) is 4.29. The number of carboxylic acid groups (broad SMARTS) is 1. The lowest BCUT2D eigenvalue weighted by Crippen LogP contribution is -2.14. The zero-order valence-electron chi connectivity index (χ0n) is 14.6. The van der Waals surface area contributed by atoms with Gasteiger partial charge in [0.15, 0.2) is 0 Å². The number of hydrogen-bond donors (Lipinski definition) is 2. The molecule has 0 spiro atoms. The molecule has 0 saturated carbocycles. The van der Waals surface area contributed by atoms with E-state index in [9.17, 15) is 14.7 Å².